The Bertz CT molecular complexity index is 1470. The third-order valence-corrected chi connectivity index (χ3v) is 10.2. The predicted molar refractivity (Wildman–Crippen MR) is 138 cm³/mol. The molecule has 3 heterocycles. The van der Waals surface area contributed by atoms with E-state index >= 15 is 0 Å². The quantitative estimate of drug-likeness (QED) is 0.419. The van der Waals surface area contributed by atoms with Gasteiger partial charge < -0.3 is 9.47 Å². The number of para-hydroxylation sites is 1. The predicted octanol–water partition coefficient (Wildman–Crippen LogP) is 2.22. The van der Waals surface area contributed by atoms with Gasteiger partial charge in [0.1, 0.15) is 28.8 Å². The Morgan fingerprint density at radius 3 is 2.24 bits per heavy atom. The molecule has 1 N–H and O–H groups in total. The molecule has 0 aliphatic carbocycles. The van der Waals surface area contributed by atoms with Crippen molar-refractivity contribution in [2.24, 2.45) is 0 Å². The summed E-state index contributed by atoms with van der Waals surface area (Å²) in [5, 5.41) is 7.43. The molecule has 0 saturated carbocycles. The van der Waals surface area contributed by atoms with Gasteiger partial charge in [-0.25, -0.2) is 26.8 Å². The Kier molecular flexibility index (Phi) is 7.42. The molecule has 4 rings (SSSR count). The first kappa shape index (κ1) is 26.8. The van der Waals surface area contributed by atoms with Crippen molar-refractivity contribution in [3.8, 4) is 17.2 Å². The number of hydrogen-bond acceptors (Lipinski definition) is 10. The molecule has 1 aliphatic heterocycles. The molecule has 3 atom stereocenters. The van der Waals surface area contributed by atoms with Crippen molar-refractivity contribution in [2.75, 3.05) is 30.4 Å². The zero-order chi connectivity index (χ0) is 27.0. The van der Waals surface area contributed by atoms with Crippen molar-refractivity contribution in [1.82, 2.24) is 24.7 Å². The lowest BCUT2D eigenvalue weighted by molar-refractivity contribution is 0.390. The van der Waals surface area contributed by atoms with Crippen molar-refractivity contribution in [3.63, 3.8) is 0 Å². The fourth-order valence-electron chi connectivity index (χ4n) is 4.23. The summed E-state index contributed by atoms with van der Waals surface area (Å²) < 4.78 is 66.6. The summed E-state index contributed by atoms with van der Waals surface area (Å²) >= 11 is 0. The highest BCUT2D eigenvalue weighted by atomic mass is 32.2. The van der Waals surface area contributed by atoms with Gasteiger partial charge in [-0.1, -0.05) is 13.0 Å². The van der Waals surface area contributed by atoms with Gasteiger partial charge in [-0.05, 0) is 38.0 Å². The number of sulfonamides is 1. The van der Waals surface area contributed by atoms with Gasteiger partial charge in [-0.15, -0.1) is 10.2 Å². The minimum atomic E-state index is -4.03. The Morgan fingerprint density at radius 1 is 1.08 bits per heavy atom. The molecule has 0 spiro atoms. The van der Waals surface area contributed by atoms with E-state index in [1.807, 2.05) is 6.92 Å². The van der Waals surface area contributed by atoms with E-state index in [0.717, 1.165) is 5.56 Å². The summed E-state index contributed by atoms with van der Waals surface area (Å²) in [5.41, 5.74) is 1.22. The van der Waals surface area contributed by atoms with E-state index in [4.69, 9.17) is 9.47 Å². The fourth-order valence-corrected chi connectivity index (χ4v) is 7.21. The average molecular weight is 551 g/mol. The zero-order valence-electron chi connectivity index (χ0n) is 21.2. The molecule has 1 aliphatic rings. The zero-order valence-corrected chi connectivity index (χ0v) is 22.9. The van der Waals surface area contributed by atoms with E-state index < -0.39 is 36.9 Å². The Morgan fingerprint density at radius 2 is 1.70 bits per heavy atom. The van der Waals surface area contributed by atoms with Crippen LogP contribution in [0.2, 0.25) is 0 Å². The number of anilines is 1. The van der Waals surface area contributed by atoms with Gasteiger partial charge in [0.25, 0.3) is 0 Å². The van der Waals surface area contributed by atoms with Gasteiger partial charge in [0.2, 0.25) is 16.0 Å². The van der Waals surface area contributed by atoms with E-state index in [1.54, 1.807) is 44.4 Å². The number of aromatic nitrogens is 5. The van der Waals surface area contributed by atoms with Gasteiger partial charge in [-0.2, -0.15) is 0 Å². The molecule has 2 unspecified atom stereocenters. The lowest BCUT2D eigenvalue weighted by Crippen LogP contribution is -2.31. The number of aryl methyl sites for hydroxylation is 1. The molecule has 0 radical (unpaired) electrons. The van der Waals surface area contributed by atoms with Crippen LogP contribution in [0.25, 0.3) is 5.69 Å². The average Bonchev–Trinajstić information content (AvgIpc) is 3.44. The molecule has 0 amide bonds. The highest BCUT2D eigenvalue weighted by Crippen LogP contribution is 2.39. The largest absolute Gasteiger partial charge is 0.494 e. The van der Waals surface area contributed by atoms with Gasteiger partial charge in [-0.3, -0.25) is 9.29 Å². The fraction of sp³-hybridized carbons (Fsp3) is 0.478. The topological polar surface area (TPSA) is 155 Å². The maximum atomic E-state index is 13.5. The standard InChI is InChI=1S/C23H30N6O6S2/c1-14-11-24-21(25-12-14)15(2)16(3)37(32,33)28-23-27-26-22(17-9-10-36(30,31)13-17)29(23)20-18(34-4)7-6-8-19(20)35-5/h6-8,11-12,15-17H,9-10,13H2,1-5H3,(H,27,28)/t15?,16?,17-/m1/s1. The first-order chi connectivity index (χ1) is 17.5. The SMILES string of the molecule is COc1cccc(OC)c1-n1c(NS(=O)(=O)C(C)C(C)c2ncc(C)cn2)nnc1[C@@H]1CCS(=O)(=O)C1. The summed E-state index contributed by atoms with van der Waals surface area (Å²) in [6.45, 7) is 5.14. The van der Waals surface area contributed by atoms with E-state index in [0.29, 0.717) is 35.3 Å². The second-order valence-electron chi connectivity index (χ2n) is 9.09. The number of ether oxygens (including phenoxy) is 2. The highest BCUT2D eigenvalue weighted by Gasteiger charge is 2.37. The monoisotopic (exact) mass is 550 g/mol. The smallest absolute Gasteiger partial charge is 0.243 e. The molecule has 2 aromatic heterocycles. The van der Waals surface area contributed by atoms with Crippen LogP contribution in [-0.4, -0.2) is 72.5 Å². The van der Waals surface area contributed by atoms with Crippen LogP contribution < -0.4 is 14.2 Å². The lowest BCUT2D eigenvalue weighted by atomic mass is 10.1. The third kappa shape index (κ3) is 5.39. The van der Waals surface area contributed by atoms with Crippen LogP contribution >= 0.6 is 0 Å². The molecule has 200 valence electrons. The van der Waals surface area contributed by atoms with Crippen LogP contribution in [0.1, 0.15) is 49.3 Å². The highest BCUT2D eigenvalue weighted by molar-refractivity contribution is 7.93. The Balaban J connectivity index is 1.79. The maximum absolute atomic E-state index is 13.5. The summed E-state index contributed by atoms with van der Waals surface area (Å²) in [7, 11) is -4.34. The first-order valence-corrected chi connectivity index (χ1v) is 15.0. The number of methoxy groups -OCH3 is 2. The van der Waals surface area contributed by atoms with Gasteiger partial charge in [0.15, 0.2) is 9.84 Å². The molecule has 1 fully saturated rings. The Hall–Kier alpha value is -3.26. The summed E-state index contributed by atoms with van der Waals surface area (Å²) in [5.74, 6) is 0.209. The Labute approximate surface area is 216 Å². The van der Waals surface area contributed by atoms with Crippen molar-refractivity contribution in [1.29, 1.82) is 0 Å². The molecule has 0 bridgehead atoms. The second kappa shape index (κ2) is 10.2. The number of benzene rings is 1. The lowest BCUT2D eigenvalue weighted by Gasteiger charge is -2.22. The van der Waals surface area contributed by atoms with Crippen LogP contribution in [0, 0.1) is 6.92 Å². The number of nitrogens with zero attached hydrogens (tertiary/aromatic N) is 5. The van der Waals surface area contributed by atoms with Crippen molar-refractivity contribution in [2.45, 2.75) is 44.3 Å². The van der Waals surface area contributed by atoms with Crippen LogP contribution in [-0.2, 0) is 19.9 Å². The number of hydrogen-bond donors (Lipinski definition) is 1. The van der Waals surface area contributed by atoms with E-state index in [9.17, 15) is 16.8 Å². The van der Waals surface area contributed by atoms with Gasteiger partial charge in [0, 0.05) is 24.2 Å². The summed E-state index contributed by atoms with van der Waals surface area (Å²) in [6.07, 6.45) is 3.61. The van der Waals surface area contributed by atoms with Crippen molar-refractivity contribution < 1.29 is 26.3 Å². The minimum Gasteiger partial charge on any atom is -0.494 e. The molecule has 1 aromatic carbocycles. The van der Waals surface area contributed by atoms with E-state index in [1.165, 1.54) is 18.8 Å². The third-order valence-electron chi connectivity index (χ3n) is 6.55. The number of sulfone groups is 1. The van der Waals surface area contributed by atoms with Crippen molar-refractivity contribution >= 4 is 25.8 Å². The normalized spacial score (nSPS) is 18.8. The van der Waals surface area contributed by atoms with Gasteiger partial charge >= 0.3 is 0 Å². The van der Waals surface area contributed by atoms with E-state index in [-0.39, 0.29) is 17.5 Å². The first-order valence-electron chi connectivity index (χ1n) is 11.6. The number of nitrogens with one attached hydrogen (secondary N) is 1. The van der Waals surface area contributed by atoms with Crippen molar-refractivity contribution in [3.05, 3.63) is 47.8 Å². The minimum absolute atomic E-state index is 0.0136. The van der Waals surface area contributed by atoms with E-state index in [2.05, 4.69) is 24.9 Å². The molecule has 1 saturated heterocycles. The molecule has 37 heavy (non-hydrogen) atoms. The molecule has 12 nitrogen and oxygen atoms in total. The van der Waals surface area contributed by atoms with Crippen LogP contribution in [0.15, 0.2) is 30.6 Å². The van der Waals surface area contributed by atoms with Gasteiger partial charge in [0.05, 0.1) is 31.0 Å². The molecule has 14 heteroatoms. The maximum Gasteiger partial charge on any atom is 0.243 e. The van der Waals surface area contributed by atoms with Crippen LogP contribution in [0.5, 0.6) is 11.5 Å². The summed E-state index contributed by atoms with van der Waals surface area (Å²) in [4.78, 5) is 8.55. The molecular weight excluding hydrogens is 520 g/mol. The molecular formula is C23H30N6O6S2. The summed E-state index contributed by atoms with van der Waals surface area (Å²) in [6, 6.07) is 5.09. The number of rotatable bonds is 9. The van der Waals surface area contributed by atoms with Crippen LogP contribution in [0.3, 0.4) is 0 Å². The van der Waals surface area contributed by atoms with Crippen LogP contribution in [0.4, 0.5) is 5.95 Å². The molecule has 3 aromatic rings. The second-order valence-corrected chi connectivity index (χ2v) is 13.4.